The van der Waals surface area contributed by atoms with Gasteiger partial charge in [0.1, 0.15) is 24.2 Å². The Hall–Kier alpha value is -2.64. The number of esters is 1. The fourth-order valence-corrected chi connectivity index (χ4v) is 3.35. The molecule has 1 unspecified atom stereocenters. The highest BCUT2D eigenvalue weighted by Crippen LogP contribution is 2.25. The van der Waals surface area contributed by atoms with Crippen LogP contribution in [0.5, 0.6) is 11.5 Å². The van der Waals surface area contributed by atoms with Crippen LogP contribution in [0.1, 0.15) is 6.92 Å². The monoisotopic (exact) mass is 374 g/mol. The molecule has 2 aromatic rings. The SMILES string of the molecule is C=C(C)C(=O)Oc1ccc(S(=O)(=O)c2ccc(OCC3CO3)cc2)cc1. The number of hydrogen-bond acceptors (Lipinski definition) is 6. The maximum atomic E-state index is 12.7. The van der Waals surface area contributed by atoms with Crippen molar-refractivity contribution in [3.63, 3.8) is 0 Å². The van der Waals surface area contributed by atoms with Gasteiger partial charge in [0.15, 0.2) is 0 Å². The third-order valence-corrected chi connectivity index (χ3v) is 5.45. The standard InChI is InChI=1S/C19H18O6S/c1-13(2)19(20)25-15-5-9-18(10-6-15)26(21,22)17-7-3-14(4-8-17)23-11-16-12-24-16/h3-10,16H,1,11-12H2,2H3. The molecule has 1 atom stereocenters. The summed E-state index contributed by atoms with van der Waals surface area (Å²) in [6.07, 6.45) is 0.135. The molecule has 0 bridgehead atoms. The minimum Gasteiger partial charge on any atom is -0.491 e. The van der Waals surface area contributed by atoms with E-state index in [0.717, 1.165) is 0 Å². The molecule has 3 rings (SSSR count). The van der Waals surface area contributed by atoms with Gasteiger partial charge in [0, 0.05) is 5.57 Å². The van der Waals surface area contributed by atoms with Crippen molar-refractivity contribution in [2.45, 2.75) is 22.8 Å². The second-order valence-electron chi connectivity index (χ2n) is 5.88. The summed E-state index contributed by atoms with van der Waals surface area (Å²) in [4.78, 5) is 11.7. The first kappa shape index (κ1) is 18.2. The van der Waals surface area contributed by atoms with Crippen LogP contribution < -0.4 is 9.47 Å². The highest BCUT2D eigenvalue weighted by atomic mass is 32.2. The van der Waals surface area contributed by atoms with Gasteiger partial charge in [0.25, 0.3) is 0 Å². The van der Waals surface area contributed by atoms with Crippen molar-refractivity contribution >= 4 is 15.8 Å². The molecule has 136 valence electrons. The van der Waals surface area contributed by atoms with Gasteiger partial charge in [-0.3, -0.25) is 0 Å². The minimum absolute atomic E-state index is 0.104. The molecular formula is C19H18O6S. The van der Waals surface area contributed by atoms with Crippen LogP contribution in [-0.2, 0) is 19.4 Å². The van der Waals surface area contributed by atoms with E-state index in [-0.39, 0.29) is 27.2 Å². The molecule has 1 aliphatic heterocycles. The maximum Gasteiger partial charge on any atom is 0.338 e. The van der Waals surface area contributed by atoms with Crippen molar-refractivity contribution in [1.82, 2.24) is 0 Å². The molecule has 2 aromatic carbocycles. The zero-order valence-electron chi connectivity index (χ0n) is 14.2. The average Bonchev–Trinajstić information content (AvgIpc) is 3.45. The predicted molar refractivity (Wildman–Crippen MR) is 94.0 cm³/mol. The fraction of sp³-hybridized carbons (Fsp3) is 0.211. The molecule has 0 N–H and O–H groups in total. The zero-order valence-corrected chi connectivity index (χ0v) is 15.0. The lowest BCUT2D eigenvalue weighted by Crippen LogP contribution is -2.08. The Kier molecular flexibility index (Phi) is 5.11. The Morgan fingerprint density at radius 2 is 1.58 bits per heavy atom. The Bertz CT molecular complexity index is 910. The van der Waals surface area contributed by atoms with Gasteiger partial charge >= 0.3 is 5.97 Å². The van der Waals surface area contributed by atoms with Gasteiger partial charge in [0.2, 0.25) is 9.84 Å². The summed E-state index contributed by atoms with van der Waals surface area (Å²) in [6.45, 7) is 6.18. The molecule has 1 aliphatic rings. The highest BCUT2D eigenvalue weighted by molar-refractivity contribution is 7.91. The number of carbonyl (C=O) groups excluding carboxylic acids is 1. The van der Waals surface area contributed by atoms with Crippen LogP contribution >= 0.6 is 0 Å². The van der Waals surface area contributed by atoms with Crippen LogP contribution in [-0.4, -0.2) is 33.7 Å². The predicted octanol–water partition coefficient (Wildman–Crippen LogP) is 2.78. The fourth-order valence-electron chi connectivity index (χ4n) is 2.09. The zero-order chi connectivity index (χ0) is 18.7. The van der Waals surface area contributed by atoms with Crippen LogP contribution in [0.25, 0.3) is 0 Å². The first-order chi connectivity index (χ1) is 12.4. The van der Waals surface area contributed by atoms with Gasteiger partial charge in [-0.15, -0.1) is 0 Å². The average molecular weight is 374 g/mol. The lowest BCUT2D eigenvalue weighted by atomic mass is 10.3. The summed E-state index contributed by atoms with van der Waals surface area (Å²) in [5, 5.41) is 0. The molecule has 1 fully saturated rings. The van der Waals surface area contributed by atoms with E-state index in [2.05, 4.69) is 6.58 Å². The van der Waals surface area contributed by atoms with Gasteiger partial charge in [0.05, 0.1) is 16.4 Å². The van der Waals surface area contributed by atoms with E-state index in [4.69, 9.17) is 14.2 Å². The summed E-state index contributed by atoms with van der Waals surface area (Å²) >= 11 is 0. The van der Waals surface area contributed by atoms with Crippen molar-refractivity contribution in [3.05, 3.63) is 60.7 Å². The topological polar surface area (TPSA) is 82.2 Å². The second-order valence-corrected chi connectivity index (χ2v) is 7.83. The first-order valence-corrected chi connectivity index (χ1v) is 9.42. The van der Waals surface area contributed by atoms with Crippen molar-refractivity contribution in [2.75, 3.05) is 13.2 Å². The van der Waals surface area contributed by atoms with E-state index in [1.165, 1.54) is 43.3 Å². The third kappa shape index (κ3) is 4.30. The molecule has 6 nitrogen and oxygen atoms in total. The molecule has 1 heterocycles. The quantitative estimate of drug-likeness (QED) is 0.321. The van der Waals surface area contributed by atoms with Crippen molar-refractivity contribution in [3.8, 4) is 11.5 Å². The minimum atomic E-state index is -3.67. The van der Waals surface area contributed by atoms with Gasteiger partial charge in [-0.1, -0.05) is 6.58 Å². The van der Waals surface area contributed by atoms with Gasteiger partial charge in [-0.2, -0.15) is 0 Å². The van der Waals surface area contributed by atoms with E-state index < -0.39 is 15.8 Å². The number of benzene rings is 2. The Morgan fingerprint density at radius 1 is 1.08 bits per heavy atom. The van der Waals surface area contributed by atoms with Gasteiger partial charge in [-0.05, 0) is 55.5 Å². The van der Waals surface area contributed by atoms with Gasteiger partial charge < -0.3 is 14.2 Å². The molecule has 0 saturated carbocycles. The molecule has 0 aliphatic carbocycles. The molecule has 0 amide bonds. The van der Waals surface area contributed by atoms with Crippen LogP contribution in [0.4, 0.5) is 0 Å². The number of carbonyl (C=O) groups is 1. The number of hydrogen-bond donors (Lipinski definition) is 0. The summed E-state index contributed by atoms with van der Waals surface area (Å²) < 4.78 is 41.0. The molecule has 7 heteroatoms. The van der Waals surface area contributed by atoms with E-state index in [1.807, 2.05) is 0 Å². The largest absolute Gasteiger partial charge is 0.491 e. The van der Waals surface area contributed by atoms with Crippen molar-refractivity contribution < 1.29 is 27.4 Å². The summed E-state index contributed by atoms with van der Waals surface area (Å²) in [5.41, 5.74) is 0.261. The summed E-state index contributed by atoms with van der Waals surface area (Å²) in [7, 11) is -3.67. The lowest BCUT2D eigenvalue weighted by Gasteiger charge is -2.08. The maximum absolute atomic E-state index is 12.7. The van der Waals surface area contributed by atoms with Crippen LogP contribution in [0, 0.1) is 0 Å². The first-order valence-electron chi connectivity index (χ1n) is 7.93. The Balaban J connectivity index is 1.72. The normalized spacial score (nSPS) is 16.0. The van der Waals surface area contributed by atoms with E-state index in [0.29, 0.717) is 19.0 Å². The van der Waals surface area contributed by atoms with E-state index in [9.17, 15) is 13.2 Å². The van der Waals surface area contributed by atoms with Gasteiger partial charge in [-0.25, -0.2) is 13.2 Å². The Labute approximate surface area is 151 Å². The highest BCUT2D eigenvalue weighted by Gasteiger charge is 2.23. The number of ether oxygens (including phenoxy) is 3. The van der Waals surface area contributed by atoms with Crippen molar-refractivity contribution in [2.24, 2.45) is 0 Å². The molecule has 0 aromatic heterocycles. The van der Waals surface area contributed by atoms with Crippen LogP contribution in [0.3, 0.4) is 0 Å². The lowest BCUT2D eigenvalue weighted by molar-refractivity contribution is -0.130. The van der Waals surface area contributed by atoms with Crippen LogP contribution in [0.15, 0.2) is 70.5 Å². The molecule has 26 heavy (non-hydrogen) atoms. The van der Waals surface area contributed by atoms with E-state index >= 15 is 0 Å². The molecule has 1 saturated heterocycles. The summed E-state index contributed by atoms with van der Waals surface area (Å²) in [6, 6.07) is 11.9. The number of epoxide rings is 1. The third-order valence-electron chi connectivity index (χ3n) is 3.67. The number of sulfone groups is 1. The number of rotatable bonds is 7. The van der Waals surface area contributed by atoms with Crippen LogP contribution in [0.2, 0.25) is 0 Å². The van der Waals surface area contributed by atoms with Crippen molar-refractivity contribution in [1.29, 1.82) is 0 Å². The summed E-state index contributed by atoms with van der Waals surface area (Å²) in [5.74, 6) is 0.275. The second kappa shape index (κ2) is 7.31. The molecule has 0 spiro atoms. The van der Waals surface area contributed by atoms with E-state index in [1.54, 1.807) is 12.1 Å². The molecule has 0 radical (unpaired) electrons. The molecular weight excluding hydrogens is 356 g/mol. The smallest absolute Gasteiger partial charge is 0.338 e. The Morgan fingerprint density at radius 3 is 2.04 bits per heavy atom.